The Balaban J connectivity index is 1.35. The van der Waals surface area contributed by atoms with Crippen LogP contribution in [0.25, 0.3) is 0 Å². The van der Waals surface area contributed by atoms with Crippen molar-refractivity contribution in [2.24, 2.45) is 11.8 Å². The second-order valence-corrected chi connectivity index (χ2v) is 18.4. The molecule has 3 aliphatic rings. The molecule has 228 valence electrons. The van der Waals surface area contributed by atoms with Crippen molar-refractivity contribution in [1.29, 1.82) is 0 Å². The van der Waals surface area contributed by atoms with E-state index in [1.807, 2.05) is 44.2 Å². The van der Waals surface area contributed by atoms with Gasteiger partial charge in [0.05, 0.1) is 11.7 Å². The Labute approximate surface area is 258 Å². The molecule has 0 amide bonds. The van der Waals surface area contributed by atoms with E-state index < -0.39 is 19.7 Å². The minimum Gasteiger partial charge on any atom is -0.456 e. The van der Waals surface area contributed by atoms with Gasteiger partial charge in [-0.2, -0.15) is 0 Å². The Morgan fingerprint density at radius 1 is 0.837 bits per heavy atom. The second kappa shape index (κ2) is 11.6. The van der Waals surface area contributed by atoms with E-state index in [4.69, 9.17) is 18.6 Å². The Hall–Kier alpha value is -2.77. The first-order chi connectivity index (χ1) is 20.6. The van der Waals surface area contributed by atoms with Crippen LogP contribution in [-0.4, -0.2) is 44.5 Å². The van der Waals surface area contributed by atoms with Crippen molar-refractivity contribution in [3.8, 4) is 0 Å². The van der Waals surface area contributed by atoms with Gasteiger partial charge in [-0.3, -0.25) is 0 Å². The van der Waals surface area contributed by atoms with Crippen molar-refractivity contribution in [2.75, 3.05) is 6.61 Å². The number of esters is 1. The molecule has 2 saturated carbocycles. The normalized spacial score (nSPS) is 28.5. The minimum atomic E-state index is -2.70. The number of hydrogen-bond donors (Lipinski definition) is 0. The van der Waals surface area contributed by atoms with Crippen LogP contribution in [0.2, 0.25) is 5.04 Å². The van der Waals surface area contributed by atoms with Crippen LogP contribution in [0.15, 0.2) is 91.0 Å². The summed E-state index contributed by atoms with van der Waals surface area (Å²) in [7, 11) is -2.70. The molecule has 6 rings (SSSR count). The zero-order chi connectivity index (χ0) is 30.3. The summed E-state index contributed by atoms with van der Waals surface area (Å²) >= 11 is 0. The molecule has 3 aromatic rings. The topological polar surface area (TPSA) is 54.0 Å². The van der Waals surface area contributed by atoms with Gasteiger partial charge in [-0.1, -0.05) is 99.6 Å². The number of hydrogen-bond acceptors (Lipinski definition) is 5. The summed E-state index contributed by atoms with van der Waals surface area (Å²) in [5.41, 5.74) is -0.123. The highest BCUT2D eigenvalue weighted by atomic mass is 28.4. The van der Waals surface area contributed by atoms with Gasteiger partial charge in [0.15, 0.2) is 5.79 Å². The maximum Gasteiger partial charge on any atom is 0.338 e. The first-order valence-corrected chi connectivity index (χ1v) is 17.9. The van der Waals surface area contributed by atoms with Crippen LogP contribution in [0.3, 0.4) is 0 Å². The lowest BCUT2D eigenvalue weighted by Gasteiger charge is -2.54. The lowest BCUT2D eigenvalue weighted by Crippen LogP contribution is -2.68. The molecule has 5 atom stereocenters. The first kappa shape index (κ1) is 30.3. The summed E-state index contributed by atoms with van der Waals surface area (Å²) in [4.78, 5) is 13.4. The Bertz CT molecular complexity index is 1350. The third kappa shape index (κ3) is 5.41. The highest BCUT2D eigenvalue weighted by Crippen LogP contribution is 2.57. The largest absolute Gasteiger partial charge is 0.456 e. The second-order valence-electron chi connectivity index (χ2n) is 14.1. The number of carbonyl (C=O) groups excluding carboxylic acids is 1. The fourth-order valence-corrected chi connectivity index (χ4v) is 12.9. The zero-order valence-corrected chi connectivity index (χ0v) is 27.3. The van der Waals surface area contributed by atoms with Crippen LogP contribution < -0.4 is 10.4 Å². The molecule has 0 aromatic heterocycles. The van der Waals surface area contributed by atoms with E-state index in [1.165, 1.54) is 10.4 Å². The molecule has 3 aromatic carbocycles. The van der Waals surface area contributed by atoms with Crippen LogP contribution in [0.4, 0.5) is 0 Å². The van der Waals surface area contributed by atoms with Gasteiger partial charge in [0.25, 0.3) is 8.32 Å². The lowest BCUT2D eigenvalue weighted by atomic mass is 9.60. The van der Waals surface area contributed by atoms with E-state index >= 15 is 0 Å². The smallest absolute Gasteiger partial charge is 0.338 e. The third-order valence-corrected chi connectivity index (χ3v) is 15.0. The van der Waals surface area contributed by atoms with Crippen molar-refractivity contribution in [1.82, 2.24) is 0 Å². The summed E-state index contributed by atoms with van der Waals surface area (Å²) in [5.74, 6) is -0.619. The van der Waals surface area contributed by atoms with E-state index in [2.05, 4.69) is 81.4 Å². The average Bonchev–Trinajstić information content (AvgIpc) is 3.28. The molecule has 1 spiro atoms. The van der Waals surface area contributed by atoms with Crippen LogP contribution in [0.5, 0.6) is 0 Å². The quantitative estimate of drug-likeness (QED) is 0.219. The van der Waals surface area contributed by atoms with Gasteiger partial charge in [0.2, 0.25) is 0 Å². The molecule has 3 fully saturated rings. The van der Waals surface area contributed by atoms with E-state index in [0.717, 1.165) is 32.1 Å². The van der Waals surface area contributed by atoms with Crippen molar-refractivity contribution < 1.29 is 23.4 Å². The predicted octanol–water partition coefficient (Wildman–Crippen LogP) is 6.89. The molecule has 6 heteroatoms. The number of carbonyl (C=O) groups is 1. The molecule has 1 aliphatic heterocycles. The van der Waals surface area contributed by atoms with Crippen LogP contribution in [0, 0.1) is 11.8 Å². The monoisotopic (exact) mass is 598 g/mol. The number of benzene rings is 3. The van der Waals surface area contributed by atoms with Gasteiger partial charge in [-0.05, 0) is 85.3 Å². The molecule has 43 heavy (non-hydrogen) atoms. The molecule has 0 bridgehead atoms. The molecule has 0 unspecified atom stereocenters. The maximum atomic E-state index is 13.4. The SMILES string of the molecule is CC1(C)O[C@@H]2CC[C@@H](CO[Si](c3ccccc3)(c3ccccc3)C(C)(C)C)[C@H]3CCC[C@@H](OC(=O)c4ccccc4)[C@]32O1. The molecule has 0 radical (unpaired) electrons. The fourth-order valence-electron chi connectivity index (χ4n) is 8.32. The van der Waals surface area contributed by atoms with Gasteiger partial charge in [-0.15, -0.1) is 0 Å². The molecular formula is C37H46O5Si. The Morgan fingerprint density at radius 2 is 1.42 bits per heavy atom. The summed E-state index contributed by atoms with van der Waals surface area (Å²) in [6.45, 7) is 11.6. The van der Waals surface area contributed by atoms with E-state index in [0.29, 0.717) is 12.2 Å². The summed E-state index contributed by atoms with van der Waals surface area (Å²) in [6, 6.07) is 31.0. The molecule has 1 heterocycles. The lowest BCUT2D eigenvalue weighted by molar-refractivity contribution is -0.223. The molecule has 1 saturated heterocycles. The first-order valence-electron chi connectivity index (χ1n) is 16.0. The van der Waals surface area contributed by atoms with Gasteiger partial charge in [0, 0.05) is 6.61 Å². The zero-order valence-electron chi connectivity index (χ0n) is 26.3. The fraction of sp³-hybridized carbons (Fsp3) is 0.486. The average molecular weight is 599 g/mol. The van der Waals surface area contributed by atoms with Crippen molar-refractivity contribution in [3.63, 3.8) is 0 Å². The van der Waals surface area contributed by atoms with Crippen molar-refractivity contribution in [3.05, 3.63) is 96.6 Å². The van der Waals surface area contributed by atoms with E-state index in [9.17, 15) is 4.79 Å². The van der Waals surface area contributed by atoms with Crippen LogP contribution >= 0.6 is 0 Å². The number of rotatable bonds is 7. The van der Waals surface area contributed by atoms with Gasteiger partial charge in [-0.25, -0.2) is 4.79 Å². The molecular weight excluding hydrogens is 552 g/mol. The van der Waals surface area contributed by atoms with E-state index in [1.54, 1.807) is 0 Å². The third-order valence-electron chi connectivity index (χ3n) is 9.97. The summed E-state index contributed by atoms with van der Waals surface area (Å²) < 4.78 is 27.3. The number of ether oxygens (including phenoxy) is 3. The van der Waals surface area contributed by atoms with Crippen LogP contribution in [0.1, 0.15) is 77.1 Å². The predicted molar refractivity (Wildman–Crippen MR) is 172 cm³/mol. The Kier molecular flexibility index (Phi) is 8.18. The standard InChI is InChI=1S/C37H46O5Si/c1-35(2,3)43(29-18-11-7-12-19-29,30-20-13-8-14-21-30)39-26-28-24-25-33-37(42-36(4,5)41-33)31(28)22-15-23-32(37)40-34(38)27-16-9-6-10-17-27/h6-14,16-21,28,31-33H,15,22-26H2,1-5H3/t28-,31+,32+,33+,37+/m0/s1. The van der Waals surface area contributed by atoms with Crippen LogP contribution in [-0.2, 0) is 18.6 Å². The van der Waals surface area contributed by atoms with Crippen molar-refractivity contribution in [2.45, 2.75) is 95.4 Å². The molecule has 0 N–H and O–H groups in total. The highest BCUT2D eigenvalue weighted by Gasteiger charge is 2.67. The van der Waals surface area contributed by atoms with Gasteiger partial charge in [0.1, 0.15) is 11.7 Å². The highest BCUT2D eigenvalue weighted by molar-refractivity contribution is 6.99. The van der Waals surface area contributed by atoms with E-state index in [-0.39, 0.29) is 35.1 Å². The maximum absolute atomic E-state index is 13.4. The minimum absolute atomic E-state index is 0.0974. The summed E-state index contributed by atoms with van der Waals surface area (Å²) in [6.07, 6.45) is 4.11. The van der Waals surface area contributed by atoms with Gasteiger partial charge < -0.3 is 18.6 Å². The van der Waals surface area contributed by atoms with Gasteiger partial charge >= 0.3 is 5.97 Å². The summed E-state index contributed by atoms with van der Waals surface area (Å²) in [5, 5.41) is 2.48. The van der Waals surface area contributed by atoms with Crippen molar-refractivity contribution >= 4 is 24.7 Å². The Morgan fingerprint density at radius 3 is 2.00 bits per heavy atom. The molecule has 2 aliphatic carbocycles. The molecule has 5 nitrogen and oxygen atoms in total.